The van der Waals surface area contributed by atoms with Crippen LogP contribution in [0.4, 0.5) is 5.82 Å². The molecule has 2 aromatic heterocycles. The third kappa shape index (κ3) is 4.57. The van der Waals surface area contributed by atoms with E-state index in [1.807, 2.05) is 16.6 Å². The van der Waals surface area contributed by atoms with Crippen LogP contribution < -0.4 is 20.7 Å². The Hall–Kier alpha value is -3.66. The standard InChI is InChI=1S/C28H35N7O3/c1-17-6-7-24-20(11-17)28(37)34-10-4-3-5-22(34)21-12-26-31-25(33-14-19(29)15-33)13-23(35(26)32-21)18(2)8-9-30-27(36)16-38-24/h6-7,11-13,18-19,22H,3-5,8-10,14-16,29H2,1-2H3,(H,30,36)/i1D3. The normalized spacial score (nSPS) is 24.5. The van der Waals surface area contributed by atoms with E-state index in [1.165, 1.54) is 18.2 Å². The Bertz CT molecular complexity index is 1480. The van der Waals surface area contributed by atoms with Gasteiger partial charge in [0.25, 0.3) is 11.8 Å². The number of fused-ring (bicyclic) bond motifs is 4. The molecule has 1 aromatic carbocycles. The molecule has 10 nitrogen and oxygen atoms in total. The van der Waals surface area contributed by atoms with E-state index in [9.17, 15) is 9.59 Å². The molecule has 3 aromatic rings. The highest BCUT2D eigenvalue weighted by Crippen LogP contribution is 2.35. The highest BCUT2D eigenvalue weighted by atomic mass is 16.5. The van der Waals surface area contributed by atoms with Crippen LogP contribution in [0.5, 0.6) is 5.75 Å². The smallest absolute Gasteiger partial charge is 0.258 e. The molecule has 2 atom stereocenters. The van der Waals surface area contributed by atoms with Crippen molar-refractivity contribution in [2.24, 2.45) is 5.73 Å². The van der Waals surface area contributed by atoms with Gasteiger partial charge >= 0.3 is 0 Å². The minimum absolute atomic E-state index is 0.0365. The van der Waals surface area contributed by atoms with Gasteiger partial charge in [0.05, 0.1) is 23.0 Å². The highest BCUT2D eigenvalue weighted by molar-refractivity contribution is 5.97. The van der Waals surface area contributed by atoms with E-state index in [0.717, 1.165) is 43.1 Å². The van der Waals surface area contributed by atoms with Crippen molar-refractivity contribution in [3.8, 4) is 5.75 Å². The first kappa shape index (κ1) is 21.3. The van der Waals surface area contributed by atoms with Crippen LogP contribution in [-0.4, -0.2) is 70.1 Å². The maximum atomic E-state index is 14.1. The molecule has 200 valence electrons. The fourth-order valence-corrected chi connectivity index (χ4v) is 5.61. The molecule has 38 heavy (non-hydrogen) atoms. The van der Waals surface area contributed by atoms with Crippen molar-refractivity contribution in [3.05, 3.63) is 52.8 Å². The topological polar surface area (TPSA) is 118 Å². The van der Waals surface area contributed by atoms with Gasteiger partial charge in [0, 0.05) is 54.4 Å². The molecule has 0 spiro atoms. The number of piperidine rings is 1. The Morgan fingerprint density at radius 3 is 2.84 bits per heavy atom. The van der Waals surface area contributed by atoms with Gasteiger partial charge in [0.2, 0.25) is 0 Å². The lowest BCUT2D eigenvalue weighted by Gasteiger charge is -2.38. The number of nitrogens with one attached hydrogen (secondary N) is 1. The number of nitrogens with two attached hydrogens (primary N) is 1. The fourth-order valence-electron chi connectivity index (χ4n) is 5.61. The van der Waals surface area contributed by atoms with E-state index in [2.05, 4.69) is 17.1 Å². The highest BCUT2D eigenvalue weighted by Gasteiger charge is 2.33. The SMILES string of the molecule is [2H]C([2H])([2H])c1ccc2c(c1)C(=O)N1CCCCC1c1cc3nc(N4CC(N)C4)cc(n3n1)C(C)CCNC(=O)CO2. The lowest BCUT2D eigenvalue weighted by molar-refractivity contribution is -0.123. The third-order valence-corrected chi connectivity index (χ3v) is 7.77. The van der Waals surface area contributed by atoms with Gasteiger partial charge in [0.1, 0.15) is 11.6 Å². The third-order valence-electron chi connectivity index (χ3n) is 7.77. The summed E-state index contributed by atoms with van der Waals surface area (Å²) in [5.41, 5.74) is 8.61. The van der Waals surface area contributed by atoms with Crippen molar-refractivity contribution in [1.29, 1.82) is 0 Å². The number of carbonyl (C=O) groups excluding carboxylic acids is 2. The second kappa shape index (κ2) is 9.90. The Balaban J connectivity index is 1.46. The number of aromatic nitrogens is 3. The molecule has 2 amide bonds. The molecule has 3 aliphatic rings. The summed E-state index contributed by atoms with van der Waals surface area (Å²) in [7, 11) is 0. The maximum absolute atomic E-state index is 14.1. The lowest BCUT2D eigenvalue weighted by Crippen LogP contribution is -2.56. The van der Waals surface area contributed by atoms with E-state index in [1.54, 1.807) is 4.90 Å². The minimum Gasteiger partial charge on any atom is -0.483 e. The number of amides is 2. The van der Waals surface area contributed by atoms with Crippen LogP contribution in [0.3, 0.4) is 0 Å². The van der Waals surface area contributed by atoms with E-state index >= 15 is 0 Å². The van der Waals surface area contributed by atoms with Crippen LogP contribution >= 0.6 is 0 Å². The molecule has 2 saturated heterocycles. The Labute approximate surface area is 226 Å². The Morgan fingerprint density at radius 1 is 1.16 bits per heavy atom. The average molecular weight is 521 g/mol. The number of ether oxygens (including phenoxy) is 1. The predicted molar refractivity (Wildman–Crippen MR) is 144 cm³/mol. The van der Waals surface area contributed by atoms with Crippen molar-refractivity contribution in [3.63, 3.8) is 0 Å². The number of aryl methyl sites for hydroxylation is 1. The molecule has 2 fully saturated rings. The molecule has 2 unspecified atom stereocenters. The lowest BCUT2D eigenvalue weighted by atomic mass is 9.97. The number of hydrogen-bond donors (Lipinski definition) is 2. The monoisotopic (exact) mass is 520 g/mol. The summed E-state index contributed by atoms with van der Waals surface area (Å²) in [6.07, 6.45) is 3.12. The molecule has 2 bridgehead atoms. The van der Waals surface area contributed by atoms with E-state index in [0.29, 0.717) is 31.6 Å². The molecule has 3 N–H and O–H groups in total. The number of nitrogens with zero attached hydrogens (tertiary/aromatic N) is 5. The second-order valence-corrected chi connectivity index (χ2v) is 10.6. The first-order valence-electron chi connectivity index (χ1n) is 14.8. The van der Waals surface area contributed by atoms with Crippen LogP contribution in [0.25, 0.3) is 5.65 Å². The fraction of sp³-hybridized carbons (Fsp3) is 0.500. The summed E-state index contributed by atoms with van der Waals surface area (Å²) in [4.78, 5) is 35.6. The summed E-state index contributed by atoms with van der Waals surface area (Å²) in [6, 6.07) is 8.06. The molecule has 10 heteroatoms. The number of hydrogen-bond acceptors (Lipinski definition) is 7. The number of benzene rings is 1. The molecule has 5 heterocycles. The predicted octanol–water partition coefficient (Wildman–Crippen LogP) is 2.55. The van der Waals surface area contributed by atoms with Crippen molar-refractivity contribution in [2.45, 2.75) is 57.5 Å². The summed E-state index contributed by atoms with van der Waals surface area (Å²) in [5, 5.41) is 7.88. The van der Waals surface area contributed by atoms with Crippen LogP contribution in [0.15, 0.2) is 30.3 Å². The van der Waals surface area contributed by atoms with Crippen molar-refractivity contribution in [2.75, 3.05) is 37.7 Å². The molecule has 6 rings (SSSR count). The average Bonchev–Trinajstić information content (AvgIpc) is 3.36. The summed E-state index contributed by atoms with van der Waals surface area (Å²) >= 11 is 0. The van der Waals surface area contributed by atoms with Gasteiger partial charge in [-0.2, -0.15) is 5.10 Å². The second-order valence-electron chi connectivity index (χ2n) is 10.6. The van der Waals surface area contributed by atoms with Crippen molar-refractivity contribution < 1.29 is 18.4 Å². The van der Waals surface area contributed by atoms with Crippen LogP contribution in [0.1, 0.15) is 76.0 Å². The molecule has 0 saturated carbocycles. The van der Waals surface area contributed by atoms with Gasteiger partial charge in [-0.15, -0.1) is 0 Å². The zero-order valence-corrected chi connectivity index (χ0v) is 21.5. The van der Waals surface area contributed by atoms with E-state index < -0.39 is 6.85 Å². The molecular formula is C28H35N7O3. The first-order valence-corrected chi connectivity index (χ1v) is 13.3. The number of rotatable bonds is 1. The first-order chi connectivity index (χ1) is 19.6. The summed E-state index contributed by atoms with van der Waals surface area (Å²) in [5.74, 6) is 0.399. The molecule has 0 radical (unpaired) electrons. The Morgan fingerprint density at radius 2 is 2.03 bits per heavy atom. The van der Waals surface area contributed by atoms with Gasteiger partial charge in [-0.25, -0.2) is 9.50 Å². The van der Waals surface area contributed by atoms with Gasteiger partial charge < -0.3 is 25.6 Å². The molecule has 0 aliphatic carbocycles. The number of anilines is 1. The molecular weight excluding hydrogens is 482 g/mol. The van der Waals surface area contributed by atoms with Crippen molar-refractivity contribution >= 4 is 23.3 Å². The van der Waals surface area contributed by atoms with Gasteiger partial charge in [0.15, 0.2) is 12.3 Å². The van der Waals surface area contributed by atoms with E-state index in [4.69, 9.17) is 24.7 Å². The van der Waals surface area contributed by atoms with Gasteiger partial charge in [-0.1, -0.05) is 18.6 Å². The zero-order chi connectivity index (χ0) is 28.9. The largest absolute Gasteiger partial charge is 0.483 e. The minimum atomic E-state index is -2.40. The Kier molecular flexibility index (Phi) is 5.55. The van der Waals surface area contributed by atoms with Crippen molar-refractivity contribution in [1.82, 2.24) is 24.8 Å². The summed E-state index contributed by atoms with van der Waals surface area (Å²) < 4.78 is 31.3. The molecule has 3 aliphatic heterocycles. The maximum Gasteiger partial charge on any atom is 0.258 e. The number of carbonyl (C=O) groups is 2. The summed E-state index contributed by atoms with van der Waals surface area (Å²) in [6.45, 7) is 1.79. The van der Waals surface area contributed by atoms with Crippen LogP contribution in [0.2, 0.25) is 0 Å². The van der Waals surface area contributed by atoms with Crippen LogP contribution in [-0.2, 0) is 4.79 Å². The van der Waals surface area contributed by atoms with Crippen LogP contribution in [0, 0.1) is 6.85 Å². The van der Waals surface area contributed by atoms with E-state index in [-0.39, 0.29) is 53.3 Å². The van der Waals surface area contributed by atoms with Gasteiger partial charge in [-0.3, -0.25) is 9.59 Å². The quantitative estimate of drug-likeness (QED) is 0.506. The van der Waals surface area contributed by atoms with Gasteiger partial charge in [-0.05, 0) is 44.7 Å². The zero-order valence-electron chi connectivity index (χ0n) is 24.5.